The standard InChI is InChI=1S/C14H14ClN3O3S/c1-16-22(20,21)13-7-11(4-5-12(13)15)14(19)18-9-10-3-2-6-17-8-10/h2-8,16H,9H2,1H3,(H,18,19). The van der Waals surface area contributed by atoms with Gasteiger partial charge in [-0.05, 0) is 36.9 Å². The van der Waals surface area contributed by atoms with Crippen LogP contribution in [0.5, 0.6) is 0 Å². The van der Waals surface area contributed by atoms with Gasteiger partial charge >= 0.3 is 0 Å². The van der Waals surface area contributed by atoms with Gasteiger partial charge in [0.2, 0.25) is 10.0 Å². The monoisotopic (exact) mass is 339 g/mol. The predicted octanol–water partition coefficient (Wildman–Crippen LogP) is 1.57. The molecule has 0 atom stereocenters. The summed E-state index contributed by atoms with van der Waals surface area (Å²) in [5, 5.41) is 2.75. The molecule has 0 aliphatic carbocycles. The number of pyridine rings is 1. The Morgan fingerprint density at radius 3 is 2.73 bits per heavy atom. The largest absolute Gasteiger partial charge is 0.348 e. The highest BCUT2D eigenvalue weighted by molar-refractivity contribution is 7.89. The Balaban J connectivity index is 2.19. The Labute approximate surface area is 133 Å². The molecule has 0 saturated carbocycles. The SMILES string of the molecule is CNS(=O)(=O)c1cc(C(=O)NCc2cccnc2)ccc1Cl. The summed E-state index contributed by atoms with van der Waals surface area (Å²) in [7, 11) is -2.45. The normalized spacial score (nSPS) is 11.2. The van der Waals surface area contributed by atoms with Crippen molar-refractivity contribution in [3.63, 3.8) is 0 Å². The topological polar surface area (TPSA) is 88.2 Å². The van der Waals surface area contributed by atoms with Crippen LogP contribution in [-0.2, 0) is 16.6 Å². The van der Waals surface area contributed by atoms with E-state index >= 15 is 0 Å². The third kappa shape index (κ3) is 3.82. The molecule has 1 heterocycles. The van der Waals surface area contributed by atoms with Gasteiger partial charge in [-0.2, -0.15) is 0 Å². The van der Waals surface area contributed by atoms with E-state index in [0.717, 1.165) is 5.56 Å². The van der Waals surface area contributed by atoms with Gasteiger partial charge in [-0.3, -0.25) is 9.78 Å². The van der Waals surface area contributed by atoms with Crippen molar-refractivity contribution in [1.82, 2.24) is 15.0 Å². The fourth-order valence-corrected chi connectivity index (χ4v) is 3.00. The lowest BCUT2D eigenvalue weighted by molar-refractivity contribution is 0.0950. The number of halogens is 1. The zero-order chi connectivity index (χ0) is 16.2. The highest BCUT2D eigenvalue weighted by atomic mass is 35.5. The first-order valence-corrected chi connectivity index (χ1v) is 8.20. The Kier molecular flexibility index (Phi) is 5.12. The second kappa shape index (κ2) is 6.87. The van der Waals surface area contributed by atoms with Crippen LogP contribution in [0, 0.1) is 0 Å². The molecule has 0 bridgehead atoms. The van der Waals surface area contributed by atoms with Gasteiger partial charge in [0, 0.05) is 24.5 Å². The molecule has 0 aliphatic heterocycles. The number of aromatic nitrogens is 1. The number of carbonyl (C=O) groups excluding carboxylic acids is 1. The van der Waals surface area contributed by atoms with Crippen LogP contribution < -0.4 is 10.0 Å². The van der Waals surface area contributed by atoms with Gasteiger partial charge in [0.25, 0.3) is 5.91 Å². The lowest BCUT2D eigenvalue weighted by Gasteiger charge is -2.09. The molecule has 1 aromatic heterocycles. The molecule has 0 spiro atoms. The minimum Gasteiger partial charge on any atom is -0.348 e. The number of nitrogens with zero attached hydrogens (tertiary/aromatic N) is 1. The first kappa shape index (κ1) is 16.4. The molecular formula is C14H14ClN3O3S. The average molecular weight is 340 g/mol. The third-order valence-electron chi connectivity index (χ3n) is 2.93. The molecule has 0 radical (unpaired) electrons. The lowest BCUT2D eigenvalue weighted by atomic mass is 10.2. The molecule has 0 unspecified atom stereocenters. The van der Waals surface area contributed by atoms with Crippen molar-refractivity contribution in [2.75, 3.05) is 7.05 Å². The summed E-state index contributed by atoms with van der Waals surface area (Å²) in [6.07, 6.45) is 3.28. The quantitative estimate of drug-likeness (QED) is 0.865. The van der Waals surface area contributed by atoms with Gasteiger partial charge < -0.3 is 5.32 Å². The first-order valence-electron chi connectivity index (χ1n) is 6.34. The molecule has 0 saturated heterocycles. The molecule has 0 aliphatic rings. The number of carbonyl (C=O) groups is 1. The third-order valence-corrected chi connectivity index (χ3v) is 4.82. The van der Waals surface area contributed by atoms with Gasteiger partial charge in [0.15, 0.2) is 0 Å². The maximum absolute atomic E-state index is 12.1. The van der Waals surface area contributed by atoms with Crippen molar-refractivity contribution < 1.29 is 13.2 Å². The van der Waals surface area contributed by atoms with Crippen molar-refractivity contribution >= 4 is 27.5 Å². The summed E-state index contributed by atoms with van der Waals surface area (Å²) in [6.45, 7) is 0.295. The first-order chi connectivity index (χ1) is 10.4. The van der Waals surface area contributed by atoms with Crippen molar-refractivity contribution in [2.24, 2.45) is 0 Å². The van der Waals surface area contributed by atoms with Gasteiger partial charge in [0.05, 0.1) is 5.02 Å². The second-order valence-electron chi connectivity index (χ2n) is 4.40. The fourth-order valence-electron chi connectivity index (χ4n) is 1.75. The van der Waals surface area contributed by atoms with Crippen LogP contribution in [-0.4, -0.2) is 26.4 Å². The van der Waals surface area contributed by atoms with E-state index in [1.807, 2.05) is 6.07 Å². The Hall–Kier alpha value is -1.96. The summed E-state index contributed by atoms with van der Waals surface area (Å²) < 4.78 is 25.9. The number of benzene rings is 1. The van der Waals surface area contributed by atoms with Crippen LogP contribution in [0.2, 0.25) is 5.02 Å². The van der Waals surface area contributed by atoms with Crippen molar-refractivity contribution in [3.05, 3.63) is 58.9 Å². The molecule has 2 aromatic rings. The lowest BCUT2D eigenvalue weighted by Crippen LogP contribution is -2.24. The molecule has 6 nitrogen and oxygen atoms in total. The van der Waals surface area contributed by atoms with E-state index in [4.69, 9.17) is 11.6 Å². The molecular weight excluding hydrogens is 326 g/mol. The Bertz CT molecular complexity index is 779. The van der Waals surface area contributed by atoms with Gasteiger partial charge in [0.1, 0.15) is 4.90 Å². The van der Waals surface area contributed by atoms with Crippen LogP contribution in [0.4, 0.5) is 0 Å². The van der Waals surface area contributed by atoms with Gasteiger partial charge in [-0.25, -0.2) is 13.1 Å². The van der Waals surface area contributed by atoms with Crippen LogP contribution in [0.25, 0.3) is 0 Å². The Morgan fingerprint density at radius 1 is 1.32 bits per heavy atom. The van der Waals surface area contributed by atoms with Crippen LogP contribution in [0.3, 0.4) is 0 Å². The molecule has 1 amide bonds. The molecule has 116 valence electrons. The Morgan fingerprint density at radius 2 is 2.09 bits per heavy atom. The van der Waals surface area contributed by atoms with E-state index < -0.39 is 15.9 Å². The average Bonchev–Trinajstić information content (AvgIpc) is 2.54. The van der Waals surface area contributed by atoms with Crippen LogP contribution >= 0.6 is 11.6 Å². The summed E-state index contributed by atoms with van der Waals surface area (Å²) >= 11 is 5.88. The maximum Gasteiger partial charge on any atom is 0.251 e. The number of hydrogen-bond acceptors (Lipinski definition) is 4. The minimum absolute atomic E-state index is 0.0539. The highest BCUT2D eigenvalue weighted by Crippen LogP contribution is 2.22. The fraction of sp³-hybridized carbons (Fsp3) is 0.143. The van der Waals surface area contributed by atoms with E-state index in [2.05, 4.69) is 15.0 Å². The number of rotatable bonds is 5. The van der Waals surface area contributed by atoms with E-state index in [-0.39, 0.29) is 15.5 Å². The van der Waals surface area contributed by atoms with Gasteiger partial charge in [-0.15, -0.1) is 0 Å². The van der Waals surface area contributed by atoms with E-state index in [1.54, 1.807) is 18.5 Å². The zero-order valence-corrected chi connectivity index (χ0v) is 13.3. The maximum atomic E-state index is 12.1. The second-order valence-corrected chi connectivity index (χ2v) is 6.66. The number of amides is 1. The van der Waals surface area contributed by atoms with Crippen LogP contribution in [0.15, 0.2) is 47.6 Å². The molecule has 2 rings (SSSR count). The molecule has 22 heavy (non-hydrogen) atoms. The summed E-state index contributed by atoms with van der Waals surface area (Å²) in [6, 6.07) is 7.68. The molecule has 1 aromatic carbocycles. The van der Waals surface area contributed by atoms with E-state index in [1.165, 1.54) is 25.2 Å². The molecule has 2 N–H and O–H groups in total. The van der Waals surface area contributed by atoms with Crippen molar-refractivity contribution in [2.45, 2.75) is 11.4 Å². The molecule has 8 heteroatoms. The van der Waals surface area contributed by atoms with Crippen molar-refractivity contribution in [1.29, 1.82) is 0 Å². The highest BCUT2D eigenvalue weighted by Gasteiger charge is 2.18. The number of nitrogens with one attached hydrogen (secondary N) is 2. The van der Waals surface area contributed by atoms with E-state index in [9.17, 15) is 13.2 Å². The number of sulfonamides is 1. The van der Waals surface area contributed by atoms with Gasteiger partial charge in [-0.1, -0.05) is 17.7 Å². The molecule has 0 fully saturated rings. The summed E-state index contributed by atoms with van der Waals surface area (Å²) in [5.74, 6) is -0.395. The summed E-state index contributed by atoms with van der Waals surface area (Å²) in [5.41, 5.74) is 1.05. The summed E-state index contributed by atoms with van der Waals surface area (Å²) in [4.78, 5) is 15.9. The smallest absolute Gasteiger partial charge is 0.251 e. The van der Waals surface area contributed by atoms with E-state index in [0.29, 0.717) is 6.54 Å². The minimum atomic E-state index is -3.72. The van der Waals surface area contributed by atoms with Crippen LogP contribution in [0.1, 0.15) is 15.9 Å². The predicted molar refractivity (Wildman–Crippen MR) is 83.1 cm³/mol. The number of hydrogen-bond donors (Lipinski definition) is 2. The zero-order valence-electron chi connectivity index (χ0n) is 11.7. The van der Waals surface area contributed by atoms with Crippen molar-refractivity contribution in [3.8, 4) is 0 Å².